The molecule has 0 spiro atoms. The number of carbonyl (C=O) groups excluding carboxylic acids is 1. The van der Waals surface area contributed by atoms with E-state index in [0.29, 0.717) is 22.2 Å². The lowest BCUT2D eigenvalue weighted by molar-refractivity contribution is -0.136. The van der Waals surface area contributed by atoms with Crippen molar-refractivity contribution in [3.05, 3.63) is 78.1 Å². The molecule has 0 unspecified atom stereocenters. The Morgan fingerprint density at radius 2 is 1.90 bits per heavy atom. The number of amides is 1. The molecule has 0 bridgehead atoms. The summed E-state index contributed by atoms with van der Waals surface area (Å²) < 4.78 is 52.9. The van der Waals surface area contributed by atoms with Crippen LogP contribution in [0.5, 0.6) is 0 Å². The molecule has 0 saturated heterocycles. The van der Waals surface area contributed by atoms with Gasteiger partial charge in [-0.1, -0.05) is 30.3 Å². The van der Waals surface area contributed by atoms with Crippen LogP contribution in [-0.2, 0) is 6.54 Å². The lowest BCUT2D eigenvalue weighted by Crippen LogP contribution is -2.34. The lowest BCUT2D eigenvalue weighted by atomic mass is 10.1. The van der Waals surface area contributed by atoms with Crippen molar-refractivity contribution in [1.29, 1.82) is 0 Å². The highest BCUT2D eigenvalue weighted by Gasteiger charge is 2.30. The normalized spacial score (nSPS) is 11.7. The van der Waals surface area contributed by atoms with E-state index in [9.17, 15) is 22.4 Å². The summed E-state index contributed by atoms with van der Waals surface area (Å²) in [7, 11) is 0. The summed E-state index contributed by atoms with van der Waals surface area (Å²) in [5.41, 5.74) is 1.93. The molecule has 162 valence electrons. The van der Waals surface area contributed by atoms with Crippen molar-refractivity contribution in [2.45, 2.75) is 19.1 Å². The highest BCUT2D eigenvalue weighted by Crippen LogP contribution is 2.31. The minimum atomic E-state index is -4.39. The third-order valence-electron chi connectivity index (χ3n) is 4.91. The first kappa shape index (κ1) is 20.6. The summed E-state index contributed by atoms with van der Waals surface area (Å²) in [6.45, 7) is -0.465. The average molecular weight is 432 g/mol. The van der Waals surface area contributed by atoms with Crippen LogP contribution in [0.2, 0.25) is 0 Å². The molecule has 1 amide bonds. The van der Waals surface area contributed by atoms with Crippen LogP contribution in [0, 0.1) is 5.82 Å². The van der Waals surface area contributed by atoms with Crippen molar-refractivity contribution in [2.24, 2.45) is 0 Å². The first-order valence-electron chi connectivity index (χ1n) is 9.52. The second-order valence-corrected chi connectivity index (χ2v) is 7.10. The van der Waals surface area contributed by atoms with Crippen molar-refractivity contribution >= 4 is 16.9 Å². The Hall–Kier alpha value is -3.62. The summed E-state index contributed by atoms with van der Waals surface area (Å²) in [6, 6.07) is 11.9. The van der Waals surface area contributed by atoms with E-state index in [1.807, 2.05) is 0 Å². The molecule has 0 aliphatic carbocycles. The molecule has 5 nitrogen and oxygen atoms in total. The van der Waals surface area contributed by atoms with Gasteiger partial charge in [-0.25, -0.2) is 9.37 Å². The standard InChI is InChI=1S/C22H18F4N4O.H2/c23-17-12-29-20-16(6-8-27-20)19(17)15-10-18(28-11-15)21(31)30(9-7-22(24,25)26)13-14-4-2-1-3-5-14;/h1-6,8,10-12,28H,7,9,13H2,(H,27,29);1H. The summed E-state index contributed by atoms with van der Waals surface area (Å²) in [6.07, 6.45) is -1.35. The van der Waals surface area contributed by atoms with Gasteiger partial charge in [0, 0.05) is 43.4 Å². The number of hydrogen-bond donors (Lipinski definition) is 2. The molecule has 2 N–H and O–H groups in total. The zero-order chi connectivity index (χ0) is 22.0. The number of rotatable bonds is 6. The minimum absolute atomic E-state index is 0. The van der Waals surface area contributed by atoms with Crippen LogP contribution < -0.4 is 0 Å². The van der Waals surface area contributed by atoms with Gasteiger partial charge in [-0.05, 0) is 17.7 Å². The molecular formula is C22H20F4N4O. The van der Waals surface area contributed by atoms with E-state index in [4.69, 9.17) is 0 Å². The second-order valence-electron chi connectivity index (χ2n) is 7.10. The van der Waals surface area contributed by atoms with Gasteiger partial charge in [-0.15, -0.1) is 0 Å². The molecule has 4 aromatic rings. The van der Waals surface area contributed by atoms with Crippen molar-refractivity contribution < 1.29 is 23.8 Å². The third kappa shape index (κ3) is 4.60. The van der Waals surface area contributed by atoms with Crippen molar-refractivity contribution in [3.63, 3.8) is 0 Å². The number of nitrogens with one attached hydrogen (secondary N) is 2. The average Bonchev–Trinajstić information content (AvgIpc) is 3.40. The van der Waals surface area contributed by atoms with Gasteiger partial charge in [0.05, 0.1) is 12.6 Å². The smallest absolute Gasteiger partial charge is 0.357 e. The number of nitrogens with zero attached hydrogens (tertiary/aromatic N) is 2. The molecule has 31 heavy (non-hydrogen) atoms. The summed E-state index contributed by atoms with van der Waals surface area (Å²) >= 11 is 0. The van der Waals surface area contributed by atoms with Crippen LogP contribution in [0.25, 0.3) is 22.2 Å². The number of halogens is 4. The zero-order valence-electron chi connectivity index (χ0n) is 16.2. The zero-order valence-corrected chi connectivity index (χ0v) is 16.2. The monoisotopic (exact) mass is 432 g/mol. The SMILES string of the molecule is O=C(c1cc(-c2c(F)cnc3[nH]ccc23)c[nH]1)N(CCC(F)(F)F)Cc1ccccc1.[HH]. The molecule has 0 atom stereocenters. The first-order valence-corrected chi connectivity index (χ1v) is 9.52. The largest absolute Gasteiger partial charge is 0.390 e. The topological polar surface area (TPSA) is 64.8 Å². The fourth-order valence-corrected chi connectivity index (χ4v) is 3.43. The fourth-order valence-electron chi connectivity index (χ4n) is 3.43. The number of H-pyrrole nitrogens is 2. The fraction of sp³-hybridized carbons (Fsp3) is 0.182. The number of fused-ring (bicyclic) bond motifs is 1. The van der Waals surface area contributed by atoms with E-state index in [0.717, 1.165) is 11.1 Å². The summed E-state index contributed by atoms with van der Waals surface area (Å²) in [4.78, 5) is 23.8. The number of benzene rings is 1. The van der Waals surface area contributed by atoms with Crippen LogP contribution >= 0.6 is 0 Å². The Kier molecular flexibility index (Phi) is 5.50. The molecule has 4 rings (SSSR count). The van der Waals surface area contributed by atoms with Crippen LogP contribution in [-0.4, -0.2) is 38.5 Å². The number of carbonyl (C=O) groups is 1. The first-order chi connectivity index (χ1) is 14.8. The van der Waals surface area contributed by atoms with Crippen molar-refractivity contribution in [2.75, 3.05) is 6.54 Å². The molecule has 0 aliphatic rings. The molecule has 1 aromatic carbocycles. The van der Waals surface area contributed by atoms with E-state index in [1.165, 1.54) is 12.3 Å². The summed E-state index contributed by atoms with van der Waals surface area (Å²) in [5.74, 6) is -1.16. The van der Waals surface area contributed by atoms with Gasteiger partial charge >= 0.3 is 6.18 Å². The molecular weight excluding hydrogens is 412 g/mol. The quantitative estimate of drug-likeness (QED) is 0.393. The molecule has 9 heteroatoms. The third-order valence-corrected chi connectivity index (χ3v) is 4.91. The van der Waals surface area contributed by atoms with Crippen LogP contribution in [0.3, 0.4) is 0 Å². The number of pyridine rings is 1. The number of alkyl halides is 3. The van der Waals surface area contributed by atoms with Crippen molar-refractivity contribution in [3.8, 4) is 11.1 Å². The summed E-state index contributed by atoms with van der Waals surface area (Å²) in [5, 5.41) is 0.538. The minimum Gasteiger partial charge on any atom is -0.357 e. The van der Waals surface area contributed by atoms with E-state index < -0.39 is 30.9 Å². The highest BCUT2D eigenvalue weighted by atomic mass is 19.4. The van der Waals surface area contributed by atoms with Gasteiger partial charge in [0.1, 0.15) is 17.2 Å². The second kappa shape index (κ2) is 8.25. The van der Waals surface area contributed by atoms with E-state index in [-0.39, 0.29) is 19.2 Å². The van der Waals surface area contributed by atoms with Gasteiger partial charge < -0.3 is 14.9 Å². The molecule has 0 fully saturated rings. The maximum atomic E-state index is 14.5. The maximum absolute atomic E-state index is 14.5. The maximum Gasteiger partial charge on any atom is 0.390 e. The van der Waals surface area contributed by atoms with Crippen LogP contribution in [0.4, 0.5) is 17.6 Å². The van der Waals surface area contributed by atoms with E-state index in [2.05, 4.69) is 15.0 Å². The lowest BCUT2D eigenvalue weighted by Gasteiger charge is -2.23. The molecule has 3 aromatic heterocycles. The predicted octanol–water partition coefficient (Wildman–Crippen LogP) is 5.54. The Labute approximate surface area is 176 Å². The molecule has 3 heterocycles. The Morgan fingerprint density at radius 3 is 2.65 bits per heavy atom. The predicted molar refractivity (Wildman–Crippen MR) is 110 cm³/mol. The van der Waals surface area contributed by atoms with Crippen LogP contribution in [0.15, 0.2) is 61.1 Å². The number of aromatic amines is 2. The van der Waals surface area contributed by atoms with E-state index in [1.54, 1.807) is 42.6 Å². The molecule has 0 radical (unpaired) electrons. The Bertz CT molecular complexity index is 1200. The highest BCUT2D eigenvalue weighted by molar-refractivity contribution is 5.97. The van der Waals surface area contributed by atoms with Gasteiger partial charge in [-0.2, -0.15) is 13.2 Å². The van der Waals surface area contributed by atoms with Crippen molar-refractivity contribution in [1.82, 2.24) is 19.9 Å². The van der Waals surface area contributed by atoms with Gasteiger partial charge in [-0.3, -0.25) is 4.79 Å². The van der Waals surface area contributed by atoms with Crippen LogP contribution in [0.1, 0.15) is 23.9 Å². The van der Waals surface area contributed by atoms with Gasteiger partial charge in [0.25, 0.3) is 5.91 Å². The molecule has 0 aliphatic heterocycles. The number of aromatic nitrogens is 3. The van der Waals surface area contributed by atoms with E-state index >= 15 is 0 Å². The Morgan fingerprint density at radius 1 is 1.13 bits per heavy atom. The van der Waals surface area contributed by atoms with Gasteiger partial charge in [0.15, 0.2) is 0 Å². The van der Waals surface area contributed by atoms with Gasteiger partial charge in [0.2, 0.25) is 0 Å². The number of hydrogen-bond acceptors (Lipinski definition) is 2. The molecule has 0 saturated carbocycles. The Balaban J connectivity index is 0.00000289.